The second-order valence-electron chi connectivity index (χ2n) is 2.45. The van der Waals surface area contributed by atoms with E-state index in [1.807, 2.05) is 0 Å². The summed E-state index contributed by atoms with van der Waals surface area (Å²) in [6, 6.07) is 0. The monoisotopic (exact) mass is 141 g/mol. The van der Waals surface area contributed by atoms with E-state index in [1.54, 1.807) is 0 Å². The van der Waals surface area contributed by atoms with Gasteiger partial charge in [-0.15, -0.1) is 0 Å². The Hall–Kier alpha value is -0.500. The molecule has 2 nitrogen and oxygen atoms in total. The maximum atomic E-state index is 5.27. The van der Waals surface area contributed by atoms with Crippen LogP contribution in [-0.4, -0.2) is 12.9 Å². The molecule has 1 aliphatic rings. The van der Waals surface area contributed by atoms with Crippen molar-refractivity contribution in [3.05, 3.63) is 19.3 Å². The number of allylic oxidation sites excluding steroid dienone is 1. The van der Waals surface area contributed by atoms with Gasteiger partial charge in [0, 0.05) is 13.3 Å². The van der Waals surface area contributed by atoms with Crippen molar-refractivity contribution in [2.45, 2.75) is 25.6 Å². The quantitative estimate of drug-likeness (QED) is 0.546. The third-order valence-electron chi connectivity index (χ3n) is 1.44. The molecular weight excluding hydrogens is 128 g/mol. The zero-order valence-electron chi connectivity index (χ0n) is 6.14. The molecule has 0 aromatic carbocycles. The highest BCUT2D eigenvalue weighted by atomic mass is 16.7. The number of rotatable bonds is 2. The second kappa shape index (κ2) is 3.62. The molecule has 0 saturated carbocycles. The molecule has 1 fully saturated rings. The summed E-state index contributed by atoms with van der Waals surface area (Å²) in [6.45, 7) is 7.88. The first-order valence-electron chi connectivity index (χ1n) is 3.58. The SMILES string of the molecule is [CH2]C(=C)OC1CCCCO1. The van der Waals surface area contributed by atoms with Crippen LogP contribution >= 0.6 is 0 Å². The van der Waals surface area contributed by atoms with Crippen LogP contribution in [0.5, 0.6) is 0 Å². The van der Waals surface area contributed by atoms with Crippen LogP contribution in [0.15, 0.2) is 12.3 Å². The molecule has 1 unspecified atom stereocenters. The molecule has 1 rings (SSSR count). The molecule has 1 atom stereocenters. The first-order chi connectivity index (χ1) is 4.79. The average molecular weight is 141 g/mol. The zero-order valence-corrected chi connectivity index (χ0v) is 6.14. The van der Waals surface area contributed by atoms with Gasteiger partial charge in [-0.05, 0) is 12.8 Å². The lowest BCUT2D eigenvalue weighted by atomic mass is 10.2. The molecule has 0 spiro atoms. The van der Waals surface area contributed by atoms with Crippen LogP contribution < -0.4 is 0 Å². The van der Waals surface area contributed by atoms with E-state index in [0.717, 1.165) is 19.4 Å². The van der Waals surface area contributed by atoms with Gasteiger partial charge >= 0.3 is 0 Å². The summed E-state index contributed by atoms with van der Waals surface area (Å²) in [5.74, 6) is 0.492. The van der Waals surface area contributed by atoms with E-state index in [0.29, 0.717) is 5.76 Å². The second-order valence-corrected chi connectivity index (χ2v) is 2.45. The topological polar surface area (TPSA) is 18.5 Å². The minimum absolute atomic E-state index is 0.0845. The smallest absolute Gasteiger partial charge is 0.199 e. The van der Waals surface area contributed by atoms with Crippen molar-refractivity contribution in [2.75, 3.05) is 6.61 Å². The number of ether oxygens (including phenoxy) is 2. The van der Waals surface area contributed by atoms with Crippen LogP contribution in [-0.2, 0) is 9.47 Å². The van der Waals surface area contributed by atoms with Gasteiger partial charge in [0.25, 0.3) is 0 Å². The van der Waals surface area contributed by atoms with Crippen molar-refractivity contribution < 1.29 is 9.47 Å². The maximum absolute atomic E-state index is 5.27. The van der Waals surface area contributed by atoms with Crippen molar-refractivity contribution in [3.63, 3.8) is 0 Å². The fraction of sp³-hybridized carbons (Fsp3) is 0.625. The van der Waals surface area contributed by atoms with Gasteiger partial charge in [0.05, 0.1) is 12.4 Å². The third kappa shape index (κ3) is 2.40. The van der Waals surface area contributed by atoms with E-state index < -0.39 is 0 Å². The van der Waals surface area contributed by atoms with Crippen LogP contribution in [0.1, 0.15) is 19.3 Å². The summed E-state index contributed by atoms with van der Waals surface area (Å²) in [5, 5.41) is 0. The summed E-state index contributed by atoms with van der Waals surface area (Å²) >= 11 is 0. The molecule has 0 bridgehead atoms. The summed E-state index contributed by atoms with van der Waals surface area (Å²) in [5.41, 5.74) is 0. The molecule has 0 aliphatic carbocycles. The van der Waals surface area contributed by atoms with E-state index in [9.17, 15) is 0 Å². The fourth-order valence-electron chi connectivity index (χ4n) is 0.990. The largest absolute Gasteiger partial charge is 0.470 e. The van der Waals surface area contributed by atoms with Crippen LogP contribution in [0, 0.1) is 6.92 Å². The average Bonchev–Trinajstić information content (AvgIpc) is 1.88. The van der Waals surface area contributed by atoms with Crippen LogP contribution in [0.2, 0.25) is 0 Å². The Kier molecular flexibility index (Phi) is 2.75. The highest BCUT2D eigenvalue weighted by Crippen LogP contribution is 2.15. The van der Waals surface area contributed by atoms with Gasteiger partial charge in [0.1, 0.15) is 0 Å². The highest BCUT2D eigenvalue weighted by molar-refractivity contribution is 4.85. The predicted molar refractivity (Wildman–Crippen MR) is 39.2 cm³/mol. The van der Waals surface area contributed by atoms with E-state index in [2.05, 4.69) is 13.5 Å². The third-order valence-corrected chi connectivity index (χ3v) is 1.44. The van der Waals surface area contributed by atoms with Gasteiger partial charge in [-0.3, -0.25) is 0 Å². The van der Waals surface area contributed by atoms with Crippen molar-refractivity contribution in [3.8, 4) is 0 Å². The lowest BCUT2D eigenvalue weighted by Gasteiger charge is -2.23. The van der Waals surface area contributed by atoms with Crippen molar-refractivity contribution in [2.24, 2.45) is 0 Å². The van der Waals surface area contributed by atoms with Crippen molar-refractivity contribution in [1.82, 2.24) is 0 Å². The lowest BCUT2D eigenvalue weighted by molar-refractivity contribution is -0.135. The summed E-state index contributed by atoms with van der Waals surface area (Å²) in [6.07, 6.45) is 3.20. The van der Waals surface area contributed by atoms with Gasteiger partial charge in [0.2, 0.25) is 0 Å². The Morgan fingerprint density at radius 1 is 1.50 bits per heavy atom. The summed E-state index contributed by atoms with van der Waals surface area (Å²) < 4.78 is 10.4. The molecule has 1 saturated heterocycles. The maximum Gasteiger partial charge on any atom is 0.199 e. The molecule has 0 amide bonds. The Balaban J connectivity index is 2.19. The first-order valence-corrected chi connectivity index (χ1v) is 3.58. The Morgan fingerprint density at radius 2 is 2.30 bits per heavy atom. The van der Waals surface area contributed by atoms with Crippen LogP contribution in [0.25, 0.3) is 0 Å². The summed E-state index contributed by atoms with van der Waals surface area (Å²) in [4.78, 5) is 0. The minimum atomic E-state index is -0.0845. The van der Waals surface area contributed by atoms with Crippen LogP contribution in [0.3, 0.4) is 0 Å². The standard InChI is InChI=1S/C8H13O2/c1-7(2)10-8-5-3-4-6-9-8/h8H,1-6H2. The molecule has 0 aromatic rings. The van der Waals surface area contributed by atoms with Gasteiger partial charge < -0.3 is 9.47 Å². The van der Waals surface area contributed by atoms with Gasteiger partial charge in [-0.25, -0.2) is 0 Å². The molecule has 10 heavy (non-hydrogen) atoms. The van der Waals surface area contributed by atoms with E-state index in [-0.39, 0.29) is 6.29 Å². The van der Waals surface area contributed by atoms with E-state index >= 15 is 0 Å². The predicted octanol–water partition coefficient (Wildman–Crippen LogP) is 1.88. The molecule has 57 valence electrons. The Labute approximate surface area is 61.8 Å². The van der Waals surface area contributed by atoms with E-state index in [1.165, 1.54) is 6.42 Å². The van der Waals surface area contributed by atoms with Gasteiger partial charge in [0.15, 0.2) is 6.29 Å². The van der Waals surface area contributed by atoms with Crippen LogP contribution in [0.4, 0.5) is 0 Å². The summed E-state index contributed by atoms with van der Waals surface area (Å²) in [7, 11) is 0. The van der Waals surface area contributed by atoms with Crippen molar-refractivity contribution in [1.29, 1.82) is 0 Å². The van der Waals surface area contributed by atoms with E-state index in [4.69, 9.17) is 9.47 Å². The number of hydrogen-bond donors (Lipinski definition) is 0. The normalized spacial score (nSPS) is 25.9. The molecule has 1 heterocycles. The zero-order chi connectivity index (χ0) is 7.40. The number of hydrogen-bond acceptors (Lipinski definition) is 2. The molecule has 1 radical (unpaired) electrons. The Bertz CT molecular complexity index is 114. The van der Waals surface area contributed by atoms with Gasteiger partial charge in [-0.2, -0.15) is 0 Å². The molecule has 2 heteroatoms. The molecule has 0 aromatic heterocycles. The van der Waals surface area contributed by atoms with Gasteiger partial charge in [-0.1, -0.05) is 6.58 Å². The molecule has 1 aliphatic heterocycles. The first kappa shape index (κ1) is 7.61. The minimum Gasteiger partial charge on any atom is -0.470 e. The Morgan fingerprint density at radius 3 is 2.80 bits per heavy atom. The van der Waals surface area contributed by atoms with Crippen molar-refractivity contribution >= 4 is 0 Å². The molecule has 0 N–H and O–H groups in total. The molecular formula is C8H13O2. The highest BCUT2D eigenvalue weighted by Gasteiger charge is 2.13. The fourth-order valence-corrected chi connectivity index (χ4v) is 0.990. The lowest BCUT2D eigenvalue weighted by Crippen LogP contribution is -2.21.